The van der Waals surface area contributed by atoms with Crippen molar-refractivity contribution in [3.63, 3.8) is 0 Å². The normalized spacial score (nSPS) is 15.4. The van der Waals surface area contributed by atoms with Gasteiger partial charge in [0.2, 0.25) is 0 Å². The van der Waals surface area contributed by atoms with Crippen molar-refractivity contribution < 1.29 is 26.0 Å². The number of hydrogen-bond acceptors (Lipinski definition) is 5. The molecular weight excluding hydrogens is 413 g/mol. The van der Waals surface area contributed by atoms with E-state index in [1.165, 1.54) is 6.07 Å². The Balaban J connectivity index is 1.51. The van der Waals surface area contributed by atoms with Gasteiger partial charge in [0.25, 0.3) is 10.0 Å². The van der Waals surface area contributed by atoms with Crippen LogP contribution in [-0.4, -0.2) is 13.4 Å². The maximum absolute atomic E-state index is 12.6. The first-order chi connectivity index (χ1) is 13.2. The molecule has 0 aliphatic heterocycles. The Bertz CT molecular complexity index is 1080. The third-order valence-electron chi connectivity index (χ3n) is 4.53. The maximum Gasteiger partial charge on any atom is 0.416 e. The Morgan fingerprint density at radius 2 is 1.82 bits per heavy atom. The molecule has 2 heterocycles. The van der Waals surface area contributed by atoms with Crippen LogP contribution in [0.25, 0.3) is 10.6 Å². The molecule has 2 aromatic heterocycles. The number of rotatable bonds is 5. The maximum atomic E-state index is 12.6. The van der Waals surface area contributed by atoms with E-state index in [-0.39, 0.29) is 9.90 Å². The first kappa shape index (κ1) is 19.0. The van der Waals surface area contributed by atoms with Crippen LogP contribution in [0.4, 0.5) is 18.9 Å². The minimum absolute atomic E-state index is 0.0315. The predicted molar refractivity (Wildman–Crippen MR) is 98.7 cm³/mol. The van der Waals surface area contributed by atoms with Crippen molar-refractivity contribution in [1.82, 2.24) is 4.98 Å². The molecular formula is C18H15F3N2O3S2. The van der Waals surface area contributed by atoms with E-state index in [1.54, 1.807) is 12.3 Å². The molecule has 0 spiro atoms. The lowest BCUT2D eigenvalue weighted by molar-refractivity contribution is -0.137. The highest BCUT2D eigenvalue weighted by Gasteiger charge is 2.30. The van der Waals surface area contributed by atoms with Crippen molar-refractivity contribution in [2.45, 2.75) is 35.6 Å². The number of hydrogen-bond donors (Lipinski definition) is 1. The van der Waals surface area contributed by atoms with Crippen LogP contribution in [0.2, 0.25) is 0 Å². The number of oxazole rings is 1. The number of thiophene rings is 1. The summed E-state index contributed by atoms with van der Waals surface area (Å²) in [6.45, 7) is 0. The summed E-state index contributed by atoms with van der Waals surface area (Å²) in [5.74, 6) is 1.50. The van der Waals surface area contributed by atoms with Gasteiger partial charge < -0.3 is 4.42 Å². The van der Waals surface area contributed by atoms with Gasteiger partial charge in [-0.15, -0.1) is 11.3 Å². The van der Waals surface area contributed by atoms with Crippen LogP contribution in [0, 0.1) is 0 Å². The van der Waals surface area contributed by atoms with Gasteiger partial charge in [-0.25, -0.2) is 13.4 Å². The first-order valence-electron chi connectivity index (χ1n) is 8.48. The van der Waals surface area contributed by atoms with E-state index in [2.05, 4.69) is 9.71 Å². The summed E-state index contributed by atoms with van der Waals surface area (Å²) in [5.41, 5.74) is -0.795. The molecule has 1 fully saturated rings. The molecule has 0 radical (unpaired) electrons. The van der Waals surface area contributed by atoms with Crippen LogP contribution < -0.4 is 4.72 Å². The summed E-state index contributed by atoms with van der Waals surface area (Å²) in [5, 5.41) is 0. The second-order valence-electron chi connectivity index (χ2n) is 6.49. The topological polar surface area (TPSA) is 72.2 Å². The molecule has 5 nitrogen and oxygen atoms in total. The highest BCUT2D eigenvalue weighted by molar-refractivity contribution is 7.94. The third kappa shape index (κ3) is 3.79. The Labute approximate surface area is 163 Å². The summed E-state index contributed by atoms with van der Waals surface area (Å²) in [6, 6.07) is 6.86. The molecule has 3 aromatic rings. The minimum atomic E-state index is -4.48. The third-order valence-corrected chi connectivity index (χ3v) is 7.50. The average molecular weight is 428 g/mol. The molecule has 4 rings (SSSR count). The second kappa shape index (κ2) is 6.93. The molecule has 0 amide bonds. The number of aromatic nitrogens is 1. The standard InChI is InChI=1S/C18H15F3N2O3S2/c19-18(20,21)12-4-6-13(7-5-12)23-28(24,25)16-9-8-15(27-16)14-10-22-17(26-14)11-2-1-3-11/h4-11,23H,1-3H2. The molecule has 148 valence electrons. The Morgan fingerprint density at radius 1 is 1.11 bits per heavy atom. The fraction of sp³-hybridized carbons (Fsp3) is 0.278. The molecule has 1 aromatic carbocycles. The number of anilines is 1. The van der Waals surface area contributed by atoms with E-state index < -0.39 is 21.8 Å². The number of nitrogens with one attached hydrogen (secondary N) is 1. The van der Waals surface area contributed by atoms with E-state index in [4.69, 9.17) is 4.42 Å². The number of sulfonamides is 1. The quantitative estimate of drug-likeness (QED) is 0.583. The number of benzene rings is 1. The van der Waals surface area contributed by atoms with Gasteiger partial charge in [0.15, 0.2) is 11.7 Å². The lowest BCUT2D eigenvalue weighted by Crippen LogP contribution is -2.12. The average Bonchev–Trinajstić information content (AvgIpc) is 3.22. The Morgan fingerprint density at radius 3 is 2.43 bits per heavy atom. The molecule has 0 bridgehead atoms. The smallest absolute Gasteiger partial charge is 0.416 e. The van der Waals surface area contributed by atoms with Crippen LogP contribution >= 0.6 is 11.3 Å². The molecule has 28 heavy (non-hydrogen) atoms. The van der Waals surface area contributed by atoms with E-state index in [0.717, 1.165) is 54.9 Å². The van der Waals surface area contributed by atoms with Crippen molar-refractivity contribution in [3.05, 3.63) is 54.0 Å². The SMILES string of the molecule is O=S(=O)(Nc1ccc(C(F)(F)F)cc1)c1ccc(-c2cnc(C3CCC3)o2)s1. The van der Waals surface area contributed by atoms with Crippen molar-refractivity contribution in [2.75, 3.05) is 4.72 Å². The summed E-state index contributed by atoms with van der Waals surface area (Å²) < 4.78 is 71.0. The van der Waals surface area contributed by atoms with Gasteiger partial charge in [0.1, 0.15) is 4.21 Å². The summed E-state index contributed by atoms with van der Waals surface area (Å²) in [4.78, 5) is 4.88. The number of halogens is 3. The van der Waals surface area contributed by atoms with Gasteiger partial charge >= 0.3 is 6.18 Å². The van der Waals surface area contributed by atoms with Crippen LogP contribution in [0.3, 0.4) is 0 Å². The van der Waals surface area contributed by atoms with Gasteiger partial charge in [0, 0.05) is 11.6 Å². The predicted octanol–water partition coefficient (Wildman–Crippen LogP) is 5.49. The fourth-order valence-corrected chi connectivity index (χ4v) is 5.09. The van der Waals surface area contributed by atoms with Gasteiger partial charge in [-0.2, -0.15) is 13.2 Å². The van der Waals surface area contributed by atoms with Crippen molar-refractivity contribution in [1.29, 1.82) is 0 Å². The fourth-order valence-electron chi connectivity index (χ4n) is 2.78. The molecule has 0 saturated heterocycles. The molecule has 0 unspecified atom stereocenters. The van der Waals surface area contributed by atoms with Gasteiger partial charge in [-0.3, -0.25) is 4.72 Å². The van der Waals surface area contributed by atoms with Crippen LogP contribution in [0.5, 0.6) is 0 Å². The highest BCUT2D eigenvalue weighted by Crippen LogP contribution is 2.39. The summed E-state index contributed by atoms with van der Waals surface area (Å²) in [6.07, 6.45) is 0.343. The molecule has 1 aliphatic rings. The summed E-state index contributed by atoms with van der Waals surface area (Å²) in [7, 11) is -3.93. The summed E-state index contributed by atoms with van der Waals surface area (Å²) >= 11 is 1.01. The van der Waals surface area contributed by atoms with Gasteiger partial charge in [0.05, 0.1) is 16.6 Å². The molecule has 1 aliphatic carbocycles. The monoisotopic (exact) mass is 428 g/mol. The van der Waals surface area contributed by atoms with Crippen LogP contribution in [0.15, 0.2) is 51.2 Å². The molecule has 1 N–H and O–H groups in total. The Hall–Kier alpha value is -2.33. The zero-order valence-electron chi connectivity index (χ0n) is 14.4. The van der Waals surface area contributed by atoms with Gasteiger partial charge in [-0.05, 0) is 49.2 Å². The number of alkyl halides is 3. The Kier molecular flexibility index (Phi) is 4.70. The van der Waals surface area contributed by atoms with E-state index in [1.807, 2.05) is 0 Å². The first-order valence-corrected chi connectivity index (χ1v) is 10.8. The van der Waals surface area contributed by atoms with Crippen molar-refractivity contribution in [2.24, 2.45) is 0 Å². The molecule has 0 atom stereocenters. The van der Waals surface area contributed by atoms with Crippen LogP contribution in [0.1, 0.15) is 36.6 Å². The highest BCUT2D eigenvalue weighted by atomic mass is 32.2. The van der Waals surface area contributed by atoms with E-state index >= 15 is 0 Å². The van der Waals surface area contributed by atoms with E-state index in [0.29, 0.717) is 22.4 Å². The second-order valence-corrected chi connectivity index (χ2v) is 9.48. The van der Waals surface area contributed by atoms with E-state index in [9.17, 15) is 21.6 Å². The van der Waals surface area contributed by atoms with Gasteiger partial charge in [-0.1, -0.05) is 6.42 Å². The van der Waals surface area contributed by atoms with Crippen LogP contribution in [-0.2, 0) is 16.2 Å². The molecule has 1 saturated carbocycles. The molecule has 10 heteroatoms. The minimum Gasteiger partial charge on any atom is -0.440 e. The largest absolute Gasteiger partial charge is 0.440 e. The number of nitrogens with zero attached hydrogens (tertiary/aromatic N) is 1. The zero-order valence-corrected chi connectivity index (χ0v) is 16.0. The van der Waals surface area contributed by atoms with Crippen molar-refractivity contribution in [3.8, 4) is 10.6 Å². The zero-order chi connectivity index (χ0) is 19.9. The lowest BCUT2D eigenvalue weighted by Gasteiger charge is -2.21. The van der Waals surface area contributed by atoms with Crippen molar-refractivity contribution >= 4 is 27.0 Å². The lowest BCUT2D eigenvalue weighted by atomic mass is 9.85.